The van der Waals surface area contributed by atoms with E-state index < -0.39 is 6.10 Å². The number of hydrogen-bond acceptors (Lipinski definition) is 6. The summed E-state index contributed by atoms with van der Waals surface area (Å²) in [5.74, 6) is 3.04. The van der Waals surface area contributed by atoms with Gasteiger partial charge in [0, 0.05) is 37.7 Å². The summed E-state index contributed by atoms with van der Waals surface area (Å²) in [4.78, 5) is 7.40. The van der Waals surface area contributed by atoms with Crippen LogP contribution >= 0.6 is 11.6 Å². The molecule has 0 radical (unpaired) electrons. The first-order valence-corrected chi connectivity index (χ1v) is 12.5. The van der Waals surface area contributed by atoms with E-state index in [1.165, 1.54) is 30.7 Å². The third kappa shape index (κ3) is 4.18. The zero-order chi connectivity index (χ0) is 23.2. The molecule has 2 aromatic heterocycles. The van der Waals surface area contributed by atoms with Crippen molar-refractivity contribution in [2.75, 3.05) is 24.6 Å². The summed E-state index contributed by atoms with van der Waals surface area (Å²) in [7, 11) is 0. The van der Waals surface area contributed by atoms with Crippen LogP contribution in [0.3, 0.4) is 0 Å². The zero-order valence-corrected chi connectivity index (χ0v) is 20.0. The number of halogens is 2. The fraction of sp³-hybridized carbons (Fsp3) is 0.520. The Bertz CT molecular complexity index is 1170. The summed E-state index contributed by atoms with van der Waals surface area (Å²) in [6.45, 7) is 5.38. The molecule has 7 nitrogen and oxygen atoms in total. The predicted octanol–water partition coefficient (Wildman–Crippen LogP) is 4.38. The molecule has 0 N–H and O–H groups in total. The average molecular weight is 483 g/mol. The highest BCUT2D eigenvalue weighted by Crippen LogP contribution is 2.44. The Morgan fingerprint density at radius 3 is 2.74 bits per heavy atom. The molecule has 3 aliphatic rings. The van der Waals surface area contributed by atoms with Crippen molar-refractivity contribution in [3.63, 3.8) is 0 Å². The van der Waals surface area contributed by atoms with Gasteiger partial charge >= 0.3 is 0 Å². The van der Waals surface area contributed by atoms with E-state index in [0.29, 0.717) is 34.9 Å². The minimum atomic E-state index is -0.460. The third-order valence-electron chi connectivity index (χ3n) is 7.54. The highest BCUT2D eigenvalue weighted by Gasteiger charge is 2.43. The summed E-state index contributed by atoms with van der Waals surface area (Å²) in [5, 5.41) is 13.5. The van der Waals surface area contributed by atoms with E-state index in [1.807, 2.05) is 17.8 Å². The topological polar surface area (TPSA) is 69.0 Å². The van der Waals surface area contributed by atoms with E-state index in [-0.39, 0.29) is 5.82 Å². The fourth-order valence-corrected chi connectivity index (χ4v) is 6.26. The van der Waals surface area contributed by atoms with Crippen LogP contribution in [0.15, 0.2) is 30.5 Å². The minimum absolute atomic E-state index is 0.358. The van der Waals surface area contributed by atoms with Gasteiger partial charge in [0.2, 0.25) is 0 Å². The van der Waals surface area contributed by atoms with Crippen molar-refractivity contribution in [2.45, 2.75) is 45.3 Å². The number of hydrogen-bond donors (Lipinski definition) is 0. The van der Waals surface area contributed by atoms with Crippen LogP contribution in [0.5, 0.6) is 0 Å². The zero-order valence-electron chi connectivity index (χ0n) is 19.2. The van der Waals surface area contributed by atoms with E-state index in [0.717, 1.165) is 49.8 Å². The molecule has 4 atom stereocenters. The molecule has 6 rings (SSSR count). The van der Waals surface area contributed by atoms with Crippen LogP contribution in [0.2, 0.25) is 5.02 Å². The molecular weight excluding hydrogens is 455 g/mol. The largest absolute Gasteiger partial charge is 0.370 e. The van der Waals surface area contributed by atoms with Gasteiger partial charge < -0.3 is 9.64 Å². The number of aryl methyl sites for hydroxylation is 2. The maximum atomic E-state index is 14.0. The van der Waals surface area contributed by atoms with Crippen molar-refractivity contribution in [3.05, 3.63) is 64.2 Å². The highest BCUT2D eigenvalue weighted by molar-refractivity contribution is 6.30. The Hall–Kier alpha value is -2.58. The first-order chi connectivity index (χ1) is 16.5. The number of ether oxygens (including phenoxy) is 1. The van der Waals surface area contributed by atoms with Crippen molar-refractivity contribution >= 4 is 17.3 Å². The van der Waals surface area contributed by atoms with Crippen LogP contribution in [-0.4, -0.2) is 44.7 Å². The van der Waals surface area contributed by atoms with Crippen LogP contribution in [0.4, 0.5) is 10.1 Å². The lowest BCUT2D eigenvalue weighted by atomic mass is 9.82. The van der Waals surface area contributed by atoms with Crippen LogP contribution < -0.4 is 4.90 Å². The molecule has 3 aromatic rings. The van der Waals surface area contributed by atoms with Gasteiger partial charge in [-0.15, -0.1) is 0 Å². The number of benzene rings is 1. The number of rotatable bonds is 4. The summed E-state index contributed by atoms with van der Waals surface area (Å²) in [6.07, 6.45) is 5.61. The van der Waals surface area contributed by atoms with Crippen molar-refractivity contribution < 1.29 is 9.13 Å². The summed E-state index contributed by atoms with van der Waals surface area (Å²) in [6, 6.07) is 6.67. The molecule has 4 heterocycles. The molecule has 1 unspecified atom stereocenters. The number of fused-ring (bicyclic) bond motifs is 3. The second-order valence-electron chi connectivity index (χ2n) is 9.84. The molecule has 1 aliphatic carbocycles. The SMILES string of the molecule is Cc1cc(N2C[C@H]3CC[C@@H](C2)C3Cc2nc3n(n2)CCCO[C@@H]3c2cc(F)cc(Cl)c2)cnn1. The van der Waals surface area contributed by atoms with E-state index in [2.05, 4.69) is 21.2 Å². The lowest BCUT2D eigenvalue weighted by molar-refractivity contribution is 0.0808. The monoisotopic (exact) mass is 482 g/mol. The van der Waals surface area contributed by atoms with Crippen molar-refractivity contribution in [1.29, 1.82) is 0 Å². The quantitative estimate of drug-likeness (QED) is 0.549. The second-order valence-corrected chi connectivity index (χ2v) is 10.3. The third-order valence-corrected chi connectivity index (χ3v) is 7.76. The fourth-order valence-electron chi connectivity index (χ4n) is 6.03. The smallest absolute Gasteiger partial charge is 0.161 e. The highest BCUT2D eigenvalue weighted by atomic mass is 35.5. The lowest BCUT2D eigenvalue weighted by Gasteiger charge is -2.39. The van der Waals surface area contributed by atoms with E-state index >= 15 is 0 Å². The molecule has 2 aliphatic heterocycles. The standard InChI is InChI=1S/C25H28ClFN6O/c1-15-7-21(12-28-30-15)32-13-16-3-4-17(14-32)22(16)11-23-29-25-24(34-6-2-5-33(25)31-23)18-8-19(26)10-20(27)9-18/h7-10,12,16-17,22,24H,2-6,11,13-14H2,1H3/t16-,17+,22?,24-/m1/s1. The van der Waals surface area contributed by atoms with Gasteiger partial charge in [-0.05, 0) is 73.8 Å². The summed E-state index contributed by atoms with van der Waals surface area (Å²) >= 11 is 6.13. The van der Waals surface area contributed by atoms with E-state index in [4.69, 9.17) is 26.4 Å². The molecule has 0 spiro atoms. The number of anilines is 1. The van der Waals surface area contributed by atoms with Gasteiger partial charge in [0.05, 0.1) is 17.6 Å². The van der Waals surface area contributed by atoms with Crippen molar-refractivity contribution in [2.24, 2.45) is 17.8 Å². The van der Waals surface area contributed by atoms with Crippen LogP contribution in [-0.2, 0) is 17.7 Å². The molecule has 1 saturated heterocycles. The molecule has 1 saturated carbocycles. The lowest BCUT2D eigenvalue weighted by Crippen LogP contribution is -2.43. The Morgan fingerprint density at radius 1 is 1.15 bits per heavy atom. The van der Waals surface area contributed by atoms with Crippen molar-refractivity contribution in [1.82, 2.24) is 25.0 Å². The van der Waals surface area contributed by atoms with Crippen molar-refractivity contribution in [3.8, 4) is 0 Å². The molecule has 2 fully saturated rings. The first-order valence-electron chi connectivity index (χ1n) is 12.1. The number of nitrogens with zero attached hydrogens (tertiary/aromatic N) is 6. The molecular formula is C25H28ClFN6O. The average Bonchev–Trinajstić information content (AvgIpc) is 3.20. The van der Waals surface area contributed by atoms with E-state index in [1.54, 1.807) is 6.07 Å². The number of piperidine rings is 1. The molecule has 9 heteroatoms. The van der Waals surface area contributed by atoms with Gasteiger partial charge in [-0.3, -0.25) is 0 Å². The Labute approximate surface area is 203 Å². The van der Waals surface area contributed by atoms with Crippen LogP contribution in [0.25, 0.3) is 0 Å². The predicted molar refractivity (Wildman–Crippen MR) is 126 cm³/mol. The van der Waals surface area contributed by atoms with Gasteiger partial charge in [0.15, 0.2) is 11.6 Å². The summed E-state index contributed by atoms with van der Waals surface area (Å²) < 4.78 is 22.1. The first kappa shape index (κ1) is 21.9. The maximum absolute atomic E-state index is 14.0. The summed E-state index contributed by atoms with van der Waals surface area (Å²) in [5.41, 5.74) is 2.80. The molecule has 2 bridgehead atoms. The normalized spacial score (nSPS) is 26.4. The van der Waals surface area contributed by atoms with Crippen LogP contribution in [0, 0.1) is 30.5 Å². The van der Waals surface area contributed by atoms with Gasteiger partial charge in [-0.2, -0.15) is 15.3 Å². The van der Waals surface area contributed by atoms with Crippen LogP contribution in [0.1, 0.15) is 48.3 Å². The van der Waals surface area contributed by atoms with Gasteiger partial charge in [0.25, 0.3) is 0 Å². The molecule has 34 heavy (non-hydrogen) atoms. The maximum Gasteiger partial charge on any atom is 0.161 e. The van der Waals surface area contributed by atoms with Gasteiger partial charge in [-0.1, -0.05) is 11.6 Å². The van der Waals surface area contributed by atoms with Gasteiger partial charge in [0.1, 0.15) is 11.9 Å². The Balaban J connectivity index is 1.22. The second kappa shape index (κ2) is 8.89. The number of aromatic nitrogens is 5. The van der Waals surface area contributed by atoms with E-state index in [9.17, 15) is 4.39 Å². The molecule has 0 amide bonds. The Kier molecular flexibility index (Phi) is 5.73. The molecule has 178 valence electrons. The Morgan fingerprint density at radius 2 is 1.97 bits per heavy atom. The van der Waals surface area contributed by atoms with Gasteiger partial charge in [-0.25, -0.2) is 14.1 Å². The molecule has 1 aromatic carbocycles. The minimum Gasteiger partial charge on any atom is -0.370 e.